The Morgan fingerprint density at radius 3 is 2.59 bits per heavy atom. The van der Waals surface area contributed by atoms with Crippen LogP contribution in [0.3, 0.4) is 0 Å². The summed E-state index contributed by atoms with van der Waals surface area (Å²) >= 11 is 1.02. The number of nitro groups is 1. The van der Waals surface area contributed by atoms with Crippen LogP contribution in [-0.4, -0.2) is 29.3 Å². The van der Waals surface area contributed by atoms with Gasteiger partial charge in [0.05, 0.1) is 33.7 Å². The molecule has 3 aromatic rings. The second kappa shape index (κ2) is 8.24. The monoisotopic (exact) mass is 434 g/mol. The molecule has 0 unspecified atom stereocenters. The molecule has 0 aliphatic carbocycles. The van der Waals surface area contributed by atoms with Gasteiger partial charge in [-0.3, -0.25) is 19.6 Å². The Hall–Kier alpha value is -3.51. The fourth-order valence-electron chi connectivity index (χ4n) is 2.31. The minimum Gasteiger partial charge on any atom is -0.506 e. The van der Waals surface area contributed by atoms with E-state index in [9.17, 15) is 28.4 Å². The first-order chi connectivity index (χ1) is 13.7. The minimum atomic E-state index is -3.78. The number of nitro benzene ring substituents is 1. The summed E-state index contributed by atoms with van der Waals surface area (Å²) in [5.41, 5.74) is 0.0239. The molecule has 0 saturated carbocycles. The second-order valence-electron chi connectivity index (χ2n) is 5.75. The number of nitrogens with one attached hydrogen (secondary N) is 2. The van der Waals surface area contributed by atoms with E-state index in [1.54, 1.807) is 18.2 Å². The summed E-state index contributed by atoms with van der Waals surface area (Å²) in [6.45, 7) is 0. The Morgan fingerprint density at radius 2 is 1.93 bits per heavy atom. The quantitative estimate of drug-likeness (QED) is 0.294. The average Bonchev–Trinajstić information content (AvgIpc) is 3.09. The number of carbonyl (C=O) groups is 1. The molecule has 0 aliphatic heterocycles. The molecule has 0 atom stereocenters. The lowest BCUT2D eigenvalue weighted by atomic mass is 10.2. The van der Waals surface area contributed by atoms with Crippen LogP contribution >= 0.6 is 11.3 Å². The summed E-state index contributed by atoms with van der Waals surface area (Å²) in [5, 5.41) is 24.5. The van der Waals surface area contributed by atoms with E-state index in [-0.39, 0.29) is 27.8 Å². The average molecular weight is 434 g/mol. The number of anilines is 2. The van der Waals surface area contributed by atoms with E-state index in [0.29, 0.717) is 5.69 Å². The number of amides is 1. The van der Waals surface area contributed by atoms with Crippen LogP contribution in [0, 0.1) is 10.1 Å². The number of nitrogens with zero attached hydrogens (tertiary/aromatic N) is 2. The fourth-order valence-corrected chi connectivity index (χ4v) is 4.29. The maximum atomic E-state index is 12.3. The van der Waals surface area contributed by atoms with Crippen molar-refractivity contribution in [3.05, 3.63) is 69.7 Å². The number of hydrogen-bond donors (Lipinski definition) is 3. The smallest absolute Gasteiger partial charge is 0.273 e. The van der Waals surface area contributed by atoms with Gasteiger partial charge < -0.3 is 10.4 Å². The van der Waals surface area contributed by atoms with Crippen LogP contribution in [0.4, 0.5) is 16.5 Å². The number of rotatable bonds is 7. The van der Waals surface area contributed by atoms with E-state index in [1.165, 1.54) is 23.6 Å². The lowest BCUT2D eigenvalue weighted by Crippen LogP contribution is -2.15. The van der Waals surface area contributed by atoms with Gasteiger partial charge in [0.1, 0.15) is 5.75 Å². The van der Waals surface area contributed by atoms with E-state index in [0.717, 1.165) is 23.5 Å². The number of aromatic hydroxyl groups is 1. The molecular weight excluding hydrogens is 420 g/mol. The van der Waals surface area contributed by atoms with Crippen molar-refractivity contribution in [2.45, 2.75) is 11.3 Å². The minimum absolute atomic E-state index is 0.0147. The van der Waals surface area contributed by atoms with Crippen LogP contribution in [-0.2, 0) is 21.2 Å². The SMILES string of the molecule is O=C(Cc1csc(NS(=O)(=O)c2ccccc2)n1)Nc1ccc([N+](=O)[O-])cc1O. The van der Waals surface area contributed by atoms with Gasteiger partial charge in [0.15, 0.2) is 5.13 Å². The molecular formula is C17H14N4O6S2. The van der Waals surface area contributed by atoms with Crippen molar-refractivity contribution in [1.82, 2.24) is 4.98 Å². The Morgan fingerprint density at radius 1 is 1.21 bits per heavy atom. The zero-order chi connectivity index (χ0) is 21.0. The summed E-state index contributed by atoms with van der Waals surface area (Å²) in [6, 6.07) is 11.1. The molecule has 0 saturated heterocycles. The third-order valence-electron chi connectivity index (χ3n) is 3.63. The van der Waals surface area contributed by atoms with E-state index in [4.69, 9.17) is 0 Å². The summed E-state index contributed by atoms with van der Waals surface area (Å²) in [6.07, 6.45) is -0.181. The van der Waals surface area contributed by atoms with Crippen LogP contribution < -0.4 is 10.0 Å². The van der Waals surface area contributed by atoms with Gasteiger partial charge in [-0.1, -0.05) is 18.2 Å². The zero-order valence-electron chi connectivity index (χ0n) is 14.6. The maximum Gasteiger partial charge on any atom is 0.273 e. The van der Waals surface area contributed by atoms with E-state index < -0.39 is 26.6 Å². The van der Waals surface area contributed by atoms with Crippen LogP contribution in [0.2, 0.25) is 0 Å². The summed E-state index contributed by atoms with van der Waals surface area (Å²) in [5.74, 6) is -0.973. The molecule has 0 bridgehead atoms. The Kier molecular flexibility index (Phi) is 5.75. The number of phenols is 1. The molecule has 1 aromatic heterocycles. The van der Waals surface area contributed by atoms with Gasteiger partial charge in [0.2, 0.25) is 5.91 Å². The van der Waals surface area contributed by atoms with Crippen molar-refractivity contribution in [2.75, 3.05) is 10.0 Å². The normalized spacial score (nSPS) is 11.0. The topological polar surface area (TPSA) is 152 Å². The zero-order valence-corrected chi connectivity index (χ0v) is 16.2. The van der Waals surface area contributed by atoms with Crippen molar-refractivity contribution in [3.8, 4) is 5.75 Å². The van der Waals surface area contributed by atoms with Crippen LogP contribution in [0.1, 0.15) is 5.69 Å². The third kappa shape index (κ3) is 5.06. The number of carbonyl (C=O) groups excluding carboxylic acids is 1. The van der Waals surface area contributed by atoms with Crippen molar-refractivity contribution >= 4 is 43.8 Å². The second-order valence-corrected chi connectivity index (χ2v) is 8.29. The van der Waals surface area contributed by atoms with Gasteiger partial charge in [0.25, 0.3) is 15.7 Å². The number of benzene rings is 2. The molecule has 3 N–H and O–H groups in total. The number of phenolic OH excluding ortho intramolecular Hbond substituents is 1. The van der Waals surface area contributed by atoms with Gasteiger partial charge in [-0.2, -0.15) is 0 Å². The number of sulfonamides is 1. The number of aromatic nitrogens is 1. The Bertz CT molecular complexity index is 1160. The van der Waals surface area contributed by atoms with Crippen LogP contribution in [0.25, 0.3) is 0 Å². The van der Waals surface area contributed by atoms with Crippen molar-refractivity contribution in [3.63, 3.8) is 0 Å². The van der Waals surface area contributed by atoms with Crippen LogP contribution in [0.5, 0.6) is 5.75 Å². The lowest BCUT2D eigenvalue weighted by Gasteiger charge is -2.06. The first kappa shape index (κ1) is 20.2. The third-order valence-corrected chi connectivity index (χ3v) is 5.93. The summed E-state index contributed by atoms with van der Waals surface area (Å²) < 4.78 is 26.9. The van der Waals surface area contributed by atoms with Crippen LogP contribution in [0.15, 0.2) is 58.8 Å². The van der Waals surface area contributed by atoms with Gasteiger partial charge in [-0.25, -0.2) is 13.4 Å². The molecule has 12 heteroatoms. The van der Waals surface area contributed by atoms with Gasteiger partial charge in [-0.15, -0.1) is 11.3 Å². The molecule has 0 aliphatic rings. The van der Waals surface area contributed by atoms with Gasteiger partial charge >= 0.3 is 0 Å². The molecule has 29 heavy (non-hydrogen) atoms. The molecule has 2 aromatic carbocycles. The van der Waals surface area contributed by atoms with Crippen molar-refractivity contribution in [2.24, 2.45) is 0 Å². The first-order valence-electron chi connectivity index (χ1n) is 8.04. The highest BCUT2D eigenvalue weighted by Gasteiger charge is 2.17. The van der Waals surface area contributed by atoms with E-state index in [2.05, 4.69) is 15.0 Å². The maximum absolute atomic E-state index is 12.3. The van der Waals surface area contributed by atoms with Crippen molar-refractivity contribution < 1.29 is 23.2 Å². The molecule has 150 valence electrons. The molecule has 3 rings (SSSR count). The first-order valence-corrected chi connectivity index (χ1v) is 10.4. The largest absolute Gasteiger partial charge is 0.506 e. The number of thiazole rings is 1. The standard InChI is InChI=1S/C17H14N4O6S2/c22-15-9-12(21(24)25)6-7-14(15)19-16(23)8-11-10-28-17(18-11)20-29(26,27)13-4-2-1-3-5-13/h1-7,9-10,22H,8H2,(H,18,20)(H,19,23). The number of hydrogen-bond acceptors (Lipinski definition) is 8. The predicted octanol–water partition coefficient (Wildman–Crippen LogP) is 2.74. The molecule has 1 amide bonds. The fraction of sp³-hybridized carbons (Fsp3) is 0.0588. The highest BCUT2D eigenvalue weighted by Crippen LogP contribution is 2.28. The summed E-state index contributed by atoms with van der Waals surface area (Å²) in [4.78, 5) is 26.3. The Balaban J connectivity index is 1.64. The molecule has 0 spiro atoms. The summed E-state index contributed by atoms with van der Waals surface area (Å²) in [7, 11) is -3.78. The molecule has 1 heterocycles. The van der Waals surface area contributed by atoms with Gasteiger partial charge in [0, 0.05) is 11.4 Å². The van der Waals surface area contributed by atoms with E-state index in [1.807, 2.05) is 0 Å². The molecule has 10 nitrogen and oxygen atoms in total. The number of non-ortho nitro benzene ring substituents is 1. The predicted molar refractivity (Wildman–Crippen MR) is 106 cm³/mol. The molecule has 0 fully saturated rings. The molecule has 0 radical (unpaired) electrons. The van der Waals surface area contributed by atoms with Gasteiger partial charge in [-0.05, 0) is 18.2 Å². The highest BCUT2D eigenvalue weighted by atomic mass is 32.2. The van der Waals surface area contributed by atoms with E-state index >= 15 is 0 Å². The Labute approximate surface area is 169 Å². The van der Waals surface area contributed by atoms with Crippen molar-refractivity contribution in [1.29, 1.82) is 0 Å². The highest BCUT2D eigenvalue weighted by molar-refractivity contribution is 7.93. The lowest BCUT2D eigenvalue weighted by molar-refractivity contribution is -0.384.